The quantitative estimate of drug-likeness (QED) is 0.762. The number of hydrogen-bond donors (Lipinski definition) is 0. The van der Waals surface area contributed by atoms with Gasteiger partial charge in [-0.25, -0.2) is 9.07 Å². The molecule has 0 saturated carbocycles. The lowest BCUT2D eigenvalue weighted by Gasteiger charge is -2.09. The van der Waals surface area contributed by atoms with Crippen molar-refractivity contribution in [1.82, 2.24) is 9.78 Å². The van der Waals surface area contributed by atoms with Crippen molar-refractivity contribution in [1.29, 1.82) is 0 Å². The number of halogens is 1. The third-order valence-corrected chi connectivity index (χ3v) is 2.54. The summed E-state index contributed by atoms with van der Waals surface area (Å²) in [4.78, 5) is 10.7. The normalized spacial score (nSPS) is 10.8. The van der Waals surface area contributed by atoms with Crippen molar-refractivity contribution < 1.29 is 9.18 Å². The lowest BCUT2D eigenvalue weighted by Crippen LogP contribution is -2.03. The number of benzene rings is 1. The Balaban J connectivity index is 2.53. The molecule has 0 N–H and O–H groups in total. The molecule has 0 saturated heterocycles. The van der Waals surface area contributed by atoms with E-state index in [9.17, 15) is 9.18 Å². The molecule has 1 aromatic carbocycles. The topological polar surface area (TPSA) is 34.9 Å². The zero-order valence-electron chi connectivity index (χ0n) is 9.72. The molecule has 0 bridgehead atoms. The summed E-state index contributed by atoms with van der Waals surface area (Å²) in [5, 5.41) is 4.18. The average molecular weight is 232 g/mol. The van der Waals surface area contributed by atoms with E-state index in [4.69, 9.17) is 0 Å². The summed E-state index contributed by atoms with van der Waals surface area (Å²) in [6.45, 7) is 4.04. The fraction of sp³-hybridized carbons (Fsp3) is 0.231. The summed E-state index contributed by atoms with van der Waals surface area (Å²) in [7, 11) is 0. The maximum Gasteiger partial charge on any atom is 0.170 e. The van der Waals surface area contributed by atoms with Gasteiger partial charge in [0.05, 0.1) is 5.69 Å². The minimum atomic E-state index is -0.289. The molecule has 0 aliphatic heterocycles. The highest BCUT2D eigenvalue weighted by molar-refractivity contribution is 5.72. The van der Waals surface area contributed by atoms with Crippen LogP contribution in [0.4, 0.5) is 4.39 Å². The first-order valence-electron chi connectivity index (χ1n) is 5.43. The van der Waals surface area contributed by atoms with Crippen molar-refractivity contribution >= 4 is 6.29 Å². The van der Waals surface area contributed by atoms with Gasteiger partial charge in [-0.05, 0) is 36.2 Å². The van der Waals surface area contributed by atoms with E-state index in [0.717, 1.165) is 11.4 Å². The van der Waals surface area contributed by atoms with E-state index in [1.807, 2.05) is 13.8 Å². The Hall–Kier alpha value is -1.97. The third-order valence-electron chi connectivity index (χ3n) is 2.54. The molecule has 0 spiro atoms. The van der Waals surface area contributed by atoms with Gasteiger partial charge in [0.2, 0.25) is 0 Å². The molecule has 1 aromatic heterocycles. The number of aldehydes is 1. The van der Waals surface area contributed by atoms with Crippen LogP contribution < -0.4 is 0 Å². The smallest absolute Gasteiger partial charge is 0.170 e. The Morgan fingerprint density at radius 2 is 1.94 bits per heavy atom. The van der Waals surface area contributed by atoms with Crippen LogP contribution >= 0.6 is 0 Å². The van der Waals surface area contributed by atoms with Crippen LogP contribution in [0.3, 0.4) is 0 Å². The van der Waals surface area contributed by atoms with Gasteiger partial charge in [-0.3, -0.25) is 4.79 Å². The molecule has 1 heterocycles. The fourth-order valence-corrected chi connectivity index (χ4v) is 1.67. The maximum atomic E-state index is 12.8. The molecular formula is C13H13FN2O. The highest BCUT2D eigenvalue weighted by atomic mass is 19.1. The van der Waals surface area contributed by atoms with Crippen molar-refractivity contribution in [3.8, 4) is 5.69 Å². The van der Waals surface area contributed by atoms with Gasteiger partial charge >= 0.3 is 0 Å². The van der Waals surface area contributed by atoms with Gasteiger partial charge in [-0.1, -0.05) is 13.8 Å². The molecule has 2 rings (SSSR count). The number of hydrogen-bond acceptors (Lipinski definition) is 2. The molecule has 3 nitrogen and oxygen atoms in total. The second-order valence-corrected chi connectivity index (χ2v) is 4.15. The van der Waals surface area contributed by atoms with Crippen LogP contribution in [-0.4, -0.2) is 16.1 Å². The molecule has 17 heavy (non-hydrogen) atoms. The van der Waals surface area contributed by atoms with E-state index in [2.05, 4.69) is 5.10 Å². The molecule has 0 fully saturated rings. The summed E-state index contributed by atoms with van der Waals surface area (Å²) in [6.07, 6.45) is 0.714. The first-order chi connectivity index (χ1) is 8.11. The monoisotopic (exact) mass is 232 g/mol. The molecule has 0 aliphatic carbocycles. The van der Waals surface area contributed by atoms with Crippen molar-refractivity contribution in [2.24, 2.45) is 0 Å². The van der Waals surface area contributed by atoms with Crippen LogP contribution in [0.5, 0.6) is 0 Å². The predicted molar refractivity (Wildman–Crippen MR) is 63.0 cm³/mol. The summed E-state index contributed by atoms with van der Waals surface area (Å²) >= 11 is 0. The van der Waals surface area contributed by atoms with Crippen molar-refractivity contribution in [3.63, 3.8) is 0 Å². The number of carbonyl (C=O) groups excluding carboxylic acids is 1. The van der Waals surface area contributed by atoms with Gasteiger partial charge < -0.3 is 0 Å². The van der Waals surface area contributed by atoms with Crippen LogP contribution in [-0.2, 0) is 0 Å². The predicted octanol–water partition coefficient (Wildman–Crippen LogP) is 2.95. The van der Waals surface area contributed by atoms with E-state index in [1.54, 1.807) is 22.9 Å². The summed E-state index contributed by atoms with van der Waals surface area (Å²) in [5.41, 5.74) is 2.07. The molecule has 4 heteroatoms. The Bertz CT molecular complexity index is 529. The van der Waals surface area contributed by atoms with E-state index >= 15 is 0 Å². The van der Waals surface area contributed by atoms with Crippen molar-refractivity contribution in [2.45, 2.75) is 19.8 Å². The maximum absolute atomic E-state index is 12.8. The second-order valence-electron chi connectivity index (χ2n) is 4.15. The first-order valence-corrected chi connectivity index (χ1v) is 5.43. The first kappa shape index (κ1) is 11.5. The second kappa shape index (κ2) is 4.49. The van der Waals surface area contributed by atoms with E-state index in [1.165, 1.54) is 12.1 Å². The zero-order chi connectivity index (χ0) is 12.4. The molecule has 0 unspecified atom stereocenters. The van der Waals surface area contributed by atoms with Crippen LogP contribution in [0.2, 0.25) is 0 Å². The van der Waals surface area contributed by atoms with E-state index < -0.39 is 0 Å². The Morgan fingerprint density at radius 1 is 1.29 bits per heavy atom. The lowest BCUT2D eigenvalue weighted by molar-refractivity contribution is 0.111. The van der Waals surface area contributed by atoms with Crippen LogP contribution in [0.1, 0.15) is 35.9 Å². The van der Waals surface area contributed by atoms with Gasteiger partial charge in [-0.2, -0.15) is 5.10 Å². The molecular weight excluding hydrogens is 219 g/mol. The standard InChI is InChI=1S/C13H13FN2O/c1-9(2)13-7-11(8-17)15-16(13)12-5-3-10(14)4-6-12/h3-9H,1-2H3. The molecule has 0 atom stereocenters. The molecule has 0 amide bonds. The van der Waals surface area contributed by atoms with Crippen molar-refractivity contribution in [2.75, 3.05) is 0 Å². The number of nitrogens with zero attached hydrogens (tertiary/aromatic N) is 2. The Kier molecular flexibility index (Phi) is 3.04. The largest absolute Gasteiger partial charge is 0.296 e. The fourth-order valence-electron chi connectivity index (χ4n) is 1.67. The van der Waals surface area contributed by atoms with Gasteiger partial charge in [0.1, 0.15) is 11.5 Å². The van der Waals surface area contributed by atoms with E-state index in [0.29, 0.717) is 12.0 Å². The highest BCUT2D eigenvalue weighted by Gasteiger charge is 2.12. The minimum Gasteiger partial charge on any atom is -0.296 e. The lowest BCUT2D eigenvalue weighted by atomic mass is 10.1. The zero-order valence-corrected chi connectivity index (χ0v) is 9.72. The van der Waals surface area contributed by atoms with Gasteiger partial charge in [0, 0.05) is 5.69 Å². The highest BCUT2D eigenvalue weighted by Crippen LogP contribution is 2.19. The molecule has 2 aromatic rings. The summed E-state index contributed by atoms with van der Waals surface area (Å²) in [5.74, 6) is -0.0520. The van der Waals surface area contributed by atoms with Gasteiger partial charge in [-0.15, -0.1) is 0 Å². The Labute approximate surface area is 98.9 Å². The van der Waals surface area contributed by atoms with E-state index in [-0.39, 0.29) is 11.7 Å². The molecule has 0 aliphatic rings. The summed E-state index contributed by atoms with van der Waals surface area (Å²) in [6, 6.07) is 7.79. The molecule has 0 radical (unpaired) electrons. The van der Waals surface area contributed by atoms with Crippen LogP contribution in [0.15, 0.2) is 30.3 Å². The van der Waals surface area contributed by atoms with Crippen molar-refractivity contribution in [3.05, 3.63) is 47.5 Å². The minimum absolute atomic E-state index is 0.237. The Morgan fingerprint density at radius 3 is 2.47 bits per heavy atom. The number of rotatable bonds is 3. The number of carbonyl (C=O) groups is 1. The third kappa shape index (κ3) is 2.25. The van der Waals surface area contributed by atoms with Crippen LogP contribution in [0, 0.1) is 5.82 Å². The SMILES string of the molecule is CC(C)c1cc(C=O)nn1-c1ccc(F)cc1. The van der Waals surface area contributed by atoms with Gasteiger partial charge in [0.15, 0.2) is 6.29 Å². The average Bonchev–Trinajstić information content (AvgIpc) is 2.74. The number of aromatic nitrogens is 2. The summed E-state index contributed by atoms with van der Waals surface area (Å²) < 4.78 is 14.5. The van der Waals surface area contributed by atoms with Crippen LogP contribution in [0.25, 0.3) is 5.69 Å². The van der Waals surface area contributed by atoms with Gasteiger partial charge in [0.25, 0.3) is 0 Å². The molecule has 88 valence electrons.